The predicted molar refractivity (Wildman–Crippen MR) is 50.8 cm³/mol. The summed E-state index contributed by atoms with van der Waals surface area (Å²) in [4.78, 5) is 0. The van der Waals surface area contributed by atoms with E-state index in [1.807, 2.05) is 13.1 Å². The average molecular weight is 156 g/mol. The van der Waals surface area contributed by atoms with Crippen molar-refractivity contribution in [2.75, 3.05) is 6.54 Å². The van der Waals surface area contributed by atoms with Gasteiger partial charge in [0.1, 0.15) is 0 Å². The van der Waals surface area contributed by atoms with Crippen molar-refractivity contribution in [1.29, 1.82) is 0 Å². The van der Waals surface area contributed by atoms with Gasteiger partial charge >= 0.3 is 0 Å². The van der Waals surface area contributed by atoms with E-state index in [0.717, 1.165) is 6.54 Å². The quantitative estimate of drug-likeness (QED) is 0.492. The summed E-state index contributed by atoms with van der Waals surface area (Å²) >= 11 is 0. The predicted octanol–water partition coefficient (Wildman–Crippen LogP) is 2.26. The molecule has 0 amide bonds. The fourth-order valence-electron chi connectivity index (χ4n) is 0.479. The van der Waals surface area contributed by atoms with Crippen LogP contribution in [0.3, 0.4) is 0 Å². The zero-order chi connectivity index (χ0) is 8.91. The van der Waals surface area contributed by atoms with Gasteiger partial charge in [0.05, 0.1) is 0 Å². The van der Waals surface area contributed by atoms with Crippen molar-refractivity contribution >= 4 is 6.21 Å². The fraction of sp³-hybridized carbons (Fsp3) is 0.889. The van der Waals surface area contributed by atoms with Crippen molar-refractivity contribution in [1.82, 2.24) is 5.43 Å². The molecule has 0 aromatic heterocycles. The molecule has 1 N–H and O–H groups in total. The van der Waals surface area contributed by atoms with Gasteiger partial charge in [-0.25, -0.2) is 0 Å². The van der Waals surface area contributed by atoms with Crippen molar-refractivity contribution in [3.8, 4) is 0 Å². The van der Waals surface area contributed by atoms with Crippen LogP contribution in [-0.4, -0.2) is 12.8 Å². The molecule has 0 aliphatic rings. The molecule has 0 heterocycles. The molecule has 0 aliphatic heterocycles. The van der Waals surface area contributed by atoms with Gasteiger partial charge in [0.2, 0.25) is 0 Å². The standard InChI is InChI=1S/C9H20N2/c1-6-10-11-7-8(2)9(3,4)5/h7-8,10H,6H2,1-5H3/b11-7-. The van der Waals surface area contributed by atoms with E-state index in [2.05, 4.69) is 38.2 Å². The number of hydrazone groups is 1. The number of hydrogen-bond acceptors (Lipinski definition) is 2. The van der Waals surface area contributed by atoms with Gasteiger partial charge in [-0.1, -0.05) is 27.7 Å². The van der Waals surface area contributed by atoms with Gasteiger partial charge < -0.3 is 5.43 Å². The third kappa shape index (κ3) is 4.82. The first-order valence-corrected chi connectivity index (χ1v) is 4.24. The Kier molecular flexibility index (Phi) is 4.16. The van der Waals surface area contributed by atoms with Gasteiger partial charge in [0.25, 0.3) is 0 Å². The van der Waals surface area contributed by atoms with E-state index in [-0.39, 0.29) is 0 Å². The number of hydrogen-bond donors (Lipinski definition) is 1. The van der Waals surface area contributed by atoms with Gasteiger partial charge in [0, 0.05) is 12.8 Å². The fourth-order valence-corrected chi connectivity index (χ4v) is 0.479. The van der Waals surface area contributed by atoms with E-state index in [0.29, 0.717) is 11.3 Å². The Hall–Kier alpha value is -0.530. The number of nitrogens with zero attached hydrogens (tertiary/aromatic N) is 1. The molecule has 0 saturated carbocycles. The van der Waals surface area contributed by atoms with Crippen molar-refractivity contribution < 1.29 is 0 Å². The summed E-state index contributed by atoms with van der Waals surface area (Å²) in [5.41, 5.74) is 3.24. The first-order chi connectivity index (χ1) is 4.98. The van der Waals surface area contributed by atoms with Crippen LogP contribution in [0.25, 0.3) is 0 Å². The minimum Gasteiger partial charge on any atom is -0.311 e. The second-order valence-corrected chi connectivity index (χ2v) is 3.94. The third-order valence-electron chi connectivity index (χ3n) is 1.91. The molecule has 0 saturated heterocycles. The van der Waals surface area contributed by atoms with E-state index in [9.17, 15) is 0 Å². The van der Waals surface area contributed by atoms with E-state index in [4.69, 9.17) is 0 Å². The summed E-state index contributed by atoms with van der Waals surface area (Å²) < 4.78 is 0. The monoisotopic (exact) mass is 156 g/mol. The van der Waals surface area contributed by atoms with Crippen molar-refractivity contribution in [2.24, 2.45) is 16.4 Å². The Labute approximate surface area is 70.1 Å². The van der Waals surface area contributed by atoms with Crippen LogP contribution in [0.5, 0.6) is 0 Å². The van der Waals surface area contributed by atoms with Gasteiger partial charge in [-0.3, -0.25) is 0 Å². The summed E-state index contributed by atoms with van der Waals surface area (Å²) in [5, 5.41) is 4.08. The highest BCUT2D eigenvalue weighted by Crippen LogP contribution is 2.23. The molecule has 1 unspecified atom stereocenters. The Morgan fingerprint density at radius 2 is 2.00 bits per heavy atom. The molecule has 0 aromatic rings. The van der Waals surface area contributed by atoms with E-state index >= 15 is 0 Å². The summed E-state index contributed by atoms with van der Waals surface area (Å²) in [6, 6.07) is 0. The molecule has 0 aliphatic carbocycles. The molecule has 11 heavy (non-hydrogen) atoms. The van der Waals surface area contributed by atoms with Gasteiger partial charge in [-0.15, -0.1) is 0 Å². The third-order valence-corrected chi connectivity index (χ3v) is 1.91. The highest BCUT2D eigenvalue weighted by Gasteiger charge is 2.17. The first-order valence-electron chi connectivity index (χ1n) is 4.24. The normalized spacial score (nSPS) is 15.4. The van der Waals surface area contributed by atoms with E-state index < -0.39 is 0 Å². The van der Waals surface area contributed by atoms with E-state index in [1.54, 1.807) is 0 Å². The first kappa shape index (κ1) is 10.5. The zero-order valence-electron chi connectivity index (χ0n) is 8.31. The van der Waals surface area contributed by atoms with Crippen LogP contribution in [0.4, 0.5) is 0 Å². The Bertz CT molecular complexity index is 122. The molecule has 0 radical (unpaired) electrons. The Morgan fingerprint density at radius 1 is 1.45 bits per heavy atom. The topological polar surface area (TPSA) is 24.4 Å². The van der Waals surface area contributed by atoms with Crippen LogP contribution in [0.1, 0.15) is 34.6 Å². The molecular formula is C9H20N2. The van der Waals surface area contributed by atoms with Crippen molar-refractivity contribution in [3.63, 3.8) is 0 Å². The lowest BCUT2D eigenvalue weighted by atomic mass is 9.83. The molecular weight excluding hydrogens is 136 g/mol. The minimum atomic E-state index is 0.318. The molecule has 2 nitrogen and oxygen atoms in total. The van der Waals surface area contributed by atoms with E-state index in [1.165, 1.54) is 0 Å². The lowest BCUT2D eigenvalue weighted by Crippen LogP contribution is -2.19. The summed E-state index contributed by atoms with van der Waals surface area (Å²) in [6.07, 6.45) is 1.98. The highest BCUT2D eigenvalue weighted by atomic mass is 15.3. The Balaban J connectivity index is 3.77. The second kappa shape index (κ2) is 4.37. The van der Waals surface area contributed by atoms with Gasteiger partial charge in [-0.05, 0) is 18.3 Å². The van der Waals surface area contributed by atoms with Crippen LogP contribution in [0, 0.1) is 11.3 Å². The molecule has 1 atom stereocenters. The lowest BCUT2D eigenvalue weighted by Gasteiger charge is -2.23. The maximum absolute atomic E-state index is 4.08. The van der Waals surface area contributed by atoms with Crippen LogP contribution in [0.15, 0.2) is 5.10 Å². The molecule has 0 rings (SSSR count). The van der Waals surface area contributed by atoms with Crippen molar-refractivity contribution in [2.45, 2.75) is 34.6 Å². The molecule has 2 heteroatoms. The maximum Gasteiger partial charge on any atom is 0.0301 e. The molecule has 0 fully saturated rings. The average Bonchev–Trinajstić information content (AvgIpc) is 1.86. The van der Waals surface area contributed by atoms with Gasteiger partial charge in [0.15, 0.2) is 0 Å². The number of nitrogens with one attached hydrogen (secondary N) is 1. The maximum atomic E-state index is 4.08. The Morgan fingerprint density at radius 3 is 2.36 bits per heavy atom. The SMILES string of the molecule is CCN/N=C\C(C)C(C)(C)C. The molecule has 66 valence electrons. The second-order valence-electron chi connectivity index (χ2n) is 3.94. The molecule has 0 aromatic carbocycles. The lowest BCUT2D eigenvalue weighted by molar-refractivity contribution is 0.337. The number of rotatable bonds is 3. The zero-order valence-corrected chi connectivity index (χ0v) is 8.31. The smallest absolute Gasteiger partial charge is 0.0301 e. The summed E-state index contributed by atoms with van der Waals surface area (Å²) in [5.74, 6) is 0.515. The minimum absolute atomic E-state index is 0.318. The van der Waals surface area contributed by atoms with Gasteiger partial charge in [-0.2, -0.15) is 5.10 Å². The highest BCUT2D eigenvalue weighted by molar-refractivity contribution is 5.60. The van der Waals surface area contributed by atoms with Crippen LogP contribution < -0.4 is 5.43 Å². The van der Waals surface area contributed by atoms with Crippen LogP contribution in [-0.2, 0) is 0 Å². The summed E-state index contributed by atoms with van der Waals surface area (Å²) in [6.45, 7) is 11.8. The molecule has 0 bridgehead atoms. The summed E-state index contributed by atoms with van der Waals surface area (Å²) in [7, 11) is 0. The van der Waals surface area contributed by atoms with Crippen LogP contribution in [0.2, 0.25) is 0 Å². The molecule has 0 spiro atoms. The van der Waals surface area contributed by atoms with Crippen LogP contribution >= 0.6 is 0 Å². The van der Waals surface area contributed by atoms with Crippen molar-refractivity contribution in [3.05, 3.63) is 0 Å². The largest absolute Gasteiger partial charge is 0.311 e.